The highest BCUT2D eigenvalue weighted by Crippen LogP contribution is 2.56. The zero-order valence-corrected chi connectivity index (χ0v) is 11.7. The molecule has 0 radical (unpaired) electrons. The van der Waals surface area contributed by atoms with E-state index in [1.807, 2.05) is 26.8 Å². The first kappa shape index (κ1) is 13.1. The highest BCUT2D eigenvalue weighted by Gasteiger charge is 2.61. The fraction of sp³-hybridized carbons (Fsp3) is 0.800. The van der Waals surface area contributed by atoms with E-state index in [9.17, 15) is 15.0 Å². The van der Waals surface area contributed by atoms with Crippen LogP contribution in [0.25, 0.3) is 0 Å². The predicted octanol–water partition coefficient (Wildman–Crippen LogP) is 1.26. The largest absolute Gasteiger partial charge is 0.461 e. The molecule has 1 aliphatic heterocycles. The molecule has 3 rings (SSSR count). The van der Waals surface area contributed by atoms with Crippen LogP contribution in [0.4, 0.5) is 0 Å². The fourth-order valence-corrected chi connectivity index (χ4v) is 4.37. The Bertz CT molecular complexity index is 443. The van der Waals surface area contributed by atoms with Gasteiger partial charge in [-0.25, -0.2) is 0 Å². The van der Waals surface area contributed by atoms with E-state index < -0.39 is 17.6 Å². The van der Waals surface area contributed by atoms with Gasteiger partial charge in [0.1, 0.15) is 6.10 Å². The van der Waals surface area contributed by atoms with E-state index in [1.54, 1.807) is 0 Å². The summed E-state index contributed by atoms with van der Waals surface area (Å²) in [6, 6.07) is 0. The van der Waals surface area contributed by atoms with Crippen molar-refractivity contribution in [3.05, 3.63) is 11.6 Å². The van der Waals surface area contributed by atoms with Gasteiger partial charge in [-0.2, -0.15) is 0 Å². The molecule has 19 heavy (non-hydrogen) atoms. The van der Waals surface area contributed by atoms with Crippen molar-refractivity contribution in [3.63, 3.8) is 0 Å². The molecule has 4 nitrogen and oxygen atoms in total. The van der Waals surface area contributed by atoms with Crippen molar-refractivity contribution in [2.24, 2.45) is 23.2 Å². The first-order valence-corrected chi connectivity index (χ1v) is 7.10. The maximum absolute atomic E-state index is 11.8. The van der Waals surface area contributed by atoms with Crippen LogP contribution in [0.15, 0.2) is 11.6 Å². The Kier molecular flexibility index (Phi) is 2.81. The van der Waals surface area contributed by atoms with Gasteiger partial charge in [-0.1, -0.05) is 25.5 Å². The van der Waals surface area contributed by atoms with Gasteiger partial charge in [0, 0.05) is 17.3 Å². The second kappa shape index (κ2) is 4.06. The lowest BCUT2D eigenvalue weighted by atomic mass is 9.53. The Morgan fingerprint density at radius 3 is 2.74 bits per heavy atom. The van der Waals surface area contributed by atoms with Crippen LogP contribution < -0.4 is 0 Å². The Morgan fingerprint density at radius 2 is 2.05 bits per heavy atom. The summed E-state index contributed by atoms with van der Waals surface area (Å²) < 4.78 is 5.58. The highest BCUT2D eigenvalue weighted by atomic mass is 16.6. The normalized spacial score (nSPS) is 53.1. The number of carbonyl (C=O) groups is 1. The molecule has 0 aromatic heterocycles. The molecule has 0 bridgehead atoms. The zero-order valence-electron chi connectivity index (χ0n) is 11.7. The smallest absolute Gasteiger partial charge is 0.309 e. The maximum atomic E-state index is 11.8. The summed E-state index contributed by atoms with van der Waals surface area (Å²) in [5, 5.41) is 20.9. The Morgan fingerprint density at radius 1 is 1.37 bits per heavy atom. The van der Waals surface area contributed by atoms with Crippen molar-refractivity contribution in [1.29, 1.82) is 0 Å². The lowest BCUT2D eigenvalue weighted by molar-refractivity contribution is -0.170. The summed E-state index contributed by atoms with van der Waals surface area (Å²) in [5.74, 6) is -0.330. The average molecular weight is 266 g/mol. The standard InChI is InChI=1S/C15H22O4/c1-7-4-5-10(16)15(3)11(17)6-9-8(2)14(18)19-13(9)12(7)15/h4,8-13,16-17H,5-6H2,1-3H3/t8-,9?,10+,11+,12+,13-,15+/m0/s1. The molecular formula is C15H22O4. The zero-order chi connectivity index (χ0) is 13.9. The van der Waals surface area contributed by atoms with E-state index in [2.05, 4.69) is 0 Å². The second-order valence-corrected chi connectivity index (χ2v) is 6.65. The minimum absolute atomic E-state index is 0.0641. The molecule has 3 aliphatic rings. The van der Waals surface area contributed by atoms with Crippen LogP contribution in [-0.4, -0.2) is 34.5 Å². The van der Waals surface area contributed by atoms with Crippen molar-refractivity contribution < 1.29 is 19.7 Å². The lowest BCUT2D eigenvalue weighted by Gasteiger charge is -2.54. The van der Waals surface area contributed by atoms with Crippen LogP contribution >= 0.6 is 0 Å². The number of aliphatic hydroxyl groups excluding tert-OH is 2. The molecule has 7 atom stereocenters. The Balaban J connectivity index is 2.06. The van der Waals surface area contributed by atoms with E-state index in [4.69, 9.17) is 4.74 Å². The molecule has 106 valence electrons. The summed E-state index contributed by atoms with van der Waals surface area (Å²) in [6.07, 6.45) is 1.76. The number of esters is 1. The minimum Gasteiger partial charge on any atom is -0.461 e. The highest BCUT2D eigenvalue weighted by molar-refractivity contribution is 5.75. The number of ether oxygens (including phenoxy) is 1. The van der Waals surface area contributed by atoms with Crippen molar-refractivity contribution in [3.8, 4) is 0 Å². The molecule has 1 saturated heterocycles. The molecule has 2 aliphatic carbocycles. The van der Waals surface area contributed by atoms with E-state index in [0.29, 0.717) is 12.8 Å². The van der Waals surface area contributed by atoms with E-state index in [0.717, 1.165) is 5.57 Å². The third-order valence-corrected chi connectivity index (χ3v) is 5.77. The minimum atomic E-state index is -0.607. The third-order valence-electron chi connectivity index (χ3n) is 5.77. The van der Waals surface area contributed by atoms with Gasteiger partial charge >= 0.3 is 5.97 Å². The van der Waals surface area contributed by atoms with Gasteiger partial charge in [-0.05, 0) is 19.8 Å². The number of hydrogen-bond acceptors (Lipinski definition) is 4. The summed E-state index contributed by atoms with van der Waals surface area (Å²) in [6.45, 7) is 5.82. The molecule has 4 heteroatoms. The number of fused-ring (bicyclic) bond motifs is 3. The van der Waals surface area contributed by atoms with E-state index in [1.165, 1.54) is 0 Å². The lowest BCUT2D eigenvalue weighted by Crippen LogP contribution is -2.59. The van der Waals surface area contributed by atoms with Gasteiger partial charge in [-0.3, -0.25) is 4.79 Å². The number of carbonyl (C=O) groups excluding carboxylic acids is 1. The van der Waals surface area contributed by atoms with Crippen LogP contribution in [0.2, 0.25) is 0 Å². The van der Waals surface area contributed by atoms with Gasteiger partial charge in [0.2, 0.25) is 0 Å². The molecule has 2 fully saturated rings. The van der Waals surface area contributed by atoms with Gasteiger partial charge in [0.25, 0.3) is 0 Å². The van der Waals surface area contributed by atoms with Crippen molar-refractivity contribution >= 4 is 5.97 Å². The number of hydrogen-bond donors (Lipinski definition) is 2. The predicted molar refractivity (Wildman–Crippen MR) is 69.1 cm³/mol. The van der Waals surface area contributed by atoms with Gasteiger partial charge in [0.05, 0.1) is 18.1 Å². The Hall–Kier alpha value is -0.870. The van der Waals surface area contributed by atoms with Gasteiger partial charge < -0.3 is 14.9 Å². The number of aliphatic hydroxyl groups is 2. The first-order valence-electron chi connectivity index (χ1n) is 7.10. The summed E-state index contributed by atoms with van der Waals surface area (Å²) in [5.41, 5.74) is 0.521. The van der Waals surface area contributed by atoms with Crippen LogP contribution in [0.5, 0.6) is 0 Å². The van der Waals surface area contributed by atoms with E-state index in [-0.39, 0.29) is 29.8 Å². The summed E-state index contributed by atoms with van der Waals surface area (Å²) in [7, 11) is 0. The molecule has 0 aromatic carbocycles. The topological polar surface area (TPSA) is 66.8 Å². The van der Waals surface area contributed by atoms with Gasteiger partial charge in [-0.15, -0.1) is 0 Å². The molecule has 1 saturated carbocycles. The van der Waals surface area contributed by atoms with Crippen LogP contribution in [0.3, 0.4) is 0 Å². The van der Waals surface area contributed by atoms with Crippen LogP contribution in [0.1, 0.15) is 33.6 Å². The molecule has 1 heterocycles. The van der Waals surface area contributed by atoms with Crippen molar-refractivity contribution in [2.45, 2.75) is 51.9 Å². The van der Waals surface area contributed by atoms with Crippen molar-refractivity contribution in [1.82, 2.24) is 0 Å². The molecule has 0 spiro atoms. The van der Waals surface area contributed by atoms with Crippen molar-refractivity contribution in [2.75, 3.05) is 0 Å². The molecular weight excluding hydrogens is 244 g/mol. The first-order chi connectivity index (χ1) is 8.87. The van der Waals surface area contributed by atoms with Gasteiger partial charge in [0.15, 0.2) is 0 Å². The molecule has 0 amide bonds. The second-order valence-electron chi connectivity index (χ2n) is 6.65. The number of rotatable bonds is 0. The molecule has 0 aromatic rings. The average Bonchev–Trinajstić information content (AvgIpc) is 2.62. The molecule has 1 unspecified atom stereocenters. The molecule has 2 N–H and O–H groups in total. The maximum Gasteiger partial charge on any atom is 0.309 e. The fourth-order valence-electron chi connectivity index (χ4n) is 4.37. The SMILES string of the molecule is CC1=CC[C@@H](O)[C@]2(C)[C@H](O)CC3[C@H](C)C(=O)O[C@@H]3[C@@H]12. The Labute approximate surface area is 113 Å². The monoisotopic (exact) mass is 266 g/mol. The van der Waals surface area contributed by atoms with Crippen LogP contribution in [-0.2, 0) is 9.53 Å². The third kappa shape index (κ3) is 1.56. The van der Waals surface area contributed by atoms with E-state index >= 15 is 0 Å². The van der Waals surface area contributed by atoms with Crippen LogP contribution in [0, 0.1) is 23.2 Å². The summed E-state index contributed by atoms with van der Waals surface area (Å²) >= 11 is 0. The quantitative estimate of drug-likeness (QED) is 0.512. The summed E-state index contributed by atoms with van der Waals surface area (Å²) in [4.78, 5) is 11.8.